The molecule has 1 aliphatic rings. The van der Waals surface area contributed by atoms with Gasteiger partial charge >= 0.3 is 0 Å². The lowest BCUT2D eigenvalue weighted by atomic mass is 9.90. The molecule has 3 aromatic rings. The number of rotatable bonds is 7. The van der Waals surface area contributed by atoms with Gasteiger partial charge in [-0.25, -0.2) is 4.68 Å². The number of aryl methyl sites for hydroxylation is 1. The normalized spacial score (nSPS) is 15.8. The minimum absolute atomic E-state index is 0.0318. The smallest absolute Gasteiger partial charge is 0.128 e. The largest absolute Gasteiger partial charge is 0.508 e. The van der Waals surface area contributed by atoms with Crippen molar-refractivity contribution in [2.45, 2.75) is 50.5 Å². The highest BCUT2D eigenvalue weighted by molar-refractivity contribution is 7.98. The van der Waals surface area contributed by atoms with Crippen LogP contribution in [0.25, 0.3) is 11.3 Å². The van der Waals surface area contributed by atoms with Crippen molar-refractivity contribution in [3.63, 3.8) is 0 Å². The van der Waals surface area contributed by atoms with Crippen LogP contribution >= 0.6 is 11.8 Å². The molecule has 0 bridgehead atoms. The Bertz CT molecular complexity index is 1050. The summed E-state index contributed by atoms with van der Waals surface area (Å²) < 4.78 is 7.89. The molecule has 2 heterocycles. The summed E-state index contributed by atoms with van der Waals surface area (Å²) >= 11 is 1.72. The van der Waals surface area contributed by atoms with E-state index in [9.17, 15) is 10.2 Å². The summed E-state index contributed by atoms with van der Waals surface area (Å²) in [5.74, 6) is 1.65. The number of ether oxygens (including phenoxy) is 1. The van der Waals surface area contributed by atoms with Crippen molar-refractivity contribution in [1.82, 2.24) is 15.0 Å². The first kappa shape index (κ1) is 21.6. The third kappa shape index (κ3) is 4.66. The van der Waals surface area contributed by atoms with E-state index in [0.717, 1.165) is 42.8 Å². The molecule has 0 radical (unpaired) electrons. The fourth-order valence-corrected chi connectivity index (χ4v) is 4.52. The summed E-state index contributed by atoms with van der Waals surface area (Å²) in [6, 6.07) is 11.4. The standard InChI is InChI=1S/C24H29N3O3S/c1-15(2)19-13-20(23(29)14-22(19)28)24-21-12-16(8-10-27(21)26-25-24)9-11-30-17-4-6-18(31-3)7-5-17/h4-7,13-16,28-29H,8-12H2,1-3H3. The number of aromatic hydroxyl groups is 2. The lowest BCUT2D eigenvalue weighted by molar-refractivity contribution is 0.252. The number of aromatic nitrogens is 3. The second kappa shape index (κ2) is 9.22. The molecule has 7 heteroatoms. The van der Waals surface area contributed by atoms with Crippen LogP contribution in [0.15, 0.2) is 41.3 Å². The molecule has 6 nitrogen and oxygen atoms in total. The van der Waals surface area contributed by atoms with Crippen molar-refractivity contribution in [3.05, 3.63) is 47.7 Å². The number of hydrogen-bond acceptors (Lipinski definition) is 6. The van der Waals surface area contributed by atoms with Crippen molar-refractivity contribution in [1.29, 1.82) is 0 Å². The lowest BCUT2D eigenvalue weighted by Gasteiger charge is -2.23. The van der Waals surface area contributed by atoms with E-state index in [1.165, 1.54) is 11.0 Å². The number of benzene rings is 2. The Kier molecular flexibility index (Phi) is 6.41. The van der Waals surface area contributed by atoms with Gasteiger partial charge in [-0.05, 0) is 73.2 Å². The van der Waals surface area contributed by atoms with Crippen molar-refractivity contribution < 1.29 is 14.9 Å². The molecule has 0 saturated heterocycles. The summed E-state index contributed by atoms with van der Waals surface area (Å²) in [4.78, 5) is 1.23. The van der Waals surface area contributed by atoms with Crippen LogP contribution in [0.2, 0.25) is 0 Å². The predicted molar refractivity (Wildman–Crippen MR) is 123 cm³/mol. The first-order chi connectivity index (χ1) is 15.0. The van der Waals surface area contributed by atoms with Gasteiger partial charge in [0.2, 0.25) is 0 Å². The summed E-state index contributed by atoms with van der Waals surface area (Å²) in [7, 11) is 0. The van der Waals surface area contributed by atoms with E-state index in [-0.39, 0.29) is 17.4 Å². The van der Waals surface area contributed by atoms with Crippen LogP contribution in [0, 0.1) is 5.92 Å². The third-order valence-electron chi connectivity index (χ3n) is 5.95. The average molecular weight is 440 g/mol. The molecule has 0 spiro atoms. The molecule has 1 aromatic heterocycles. The molecule has 0 aliphatic carbocycles. The van der Waals surface area contributed by atoms with E-state index in [4.69, 9.17) is 4.74 Å². The maximum Gasteiger partial charge on any atom is 0.128 e. The first-order valence-electron chi connectivity index (χ1n) is 10.7. The highest BCUT2D eigenvalue weighted by atomic mass is 32.2. The molecule has 1 unspecified atom stereocenters. The SMILES string of the molecule is CSc1ccc(OCCC2CCn3nnc(-c4cc(C(C)C)c(O)cc4O)c3C2)cc1. The van der Waals surface area contributed by atoms with E-state index in [0.29, 0.717) is 23.8 Å². The van der Waals surface area contributed by atoms with Gasteiger partial charge in [0.15, 0.2) is 0 Å². The van der Waals surface area contributed by atoms with Crippen molar-refractivity contribution in [2.75, 3.05) is 12.9 Å². The van der Waals surface area contributed by atoms with Crippen molar-refractivity contribution >= 4 is 11.8 Å². The van der Waals surface area contributed by atoms with Gasteiger partial charge < -0.3 is 14.9 Å². The molecular weight excluding hydrogens is 410 g/mol. The zero-order valence-corrected chi connectivity index (χ0v) is 19.0. The molecular formula is C24H29N3O3S. The maximum absolute atomic E-state index is 10.5. The Morgan fingerprint density at radius 2 is 1.94 bits per heavy atom. The fraction of sp³-hybridized carbons (Fsp3) is 0.417. The van der Waals surface area contributed by atoms with Gasteiger partial charge in [-0.1, -0.05) is 19.1 Å². The van der Waals surface area contributed by atoms with Gasteiger partial charge in [0.1, 0.15) is 22.9 Å². The molecule has 1 aliphatic heterocycles. The topological polar surface area (TPSA) is 80.4 Å². The van der Waals surface area contributed by atoms with E-state index < -0.39 is 0 Å². The van der Waals surface area contributed by atoms with Crippen LogP contribution in [0.1, 0.15) is 43.9 Å². The zero-order chi connectivity index (χ0) is 22.0. The Hall–Kier alpha value is -2.67. The number of thioether (sulfide) groups is 1. The second-order valence-electron chi connectivity index (χ2n) is 8.36. The Morgan fingerprint density at radius 1 is 1.16 bits per heavy atom. The summed E-state index contributed by atoms with van der Waals surface area (Å²) in [5, 5.41) is 29.3. The summed E-state index contributed by atoms with van der Waals surface area (Å²) in [5.41, 5.74) is 3.17. The molecule has 0 saturated carbocycles. The minimum atomic E-state index is 0.0318. The molecule has 1 atom stereocenters. The van der Waals surface area contributed by atoms with E-state index in [1.54, 1.807) is 11.8 Å². The first-order valence-corrected chi connectivity index (χ1v) is 11.9. The number of phenols is 2. The highest BCUT2D eigenvalue weighted by Crippen LogP contribution is 2.39. The quantitative estimate of drug-likeness (QED) is 0.491. The molecule has 2 N–H and O–H groups in total. The Balaban J connectivity index is 1.46. The van der Waals surface area contributed by atoms with Gasteiger partial charge in [-0.2, -0.15) is 0 Å². The van der Waals surface area contributed by atoms with Crippen LogP contribution < -0.4 is 4.74 Å². The van der Waals surface area contributed by atoms with Gasteiger partial charge in [0.25, 0.3) is 0 Å². The van der Waals surface area contributed by atoms with E-state index >= 15 is 0 Å². The molecule has 0 fully saturated rings. The molecule has 31 heavy (non-hydrogen) atoms. The van der Waals surface area contributed by atoms with Crippen LogP contribution in [-0.4, -0.2) is 38.1 Å². The molecule has 2 aromatic carbocycles. The van der Waals surface area contributed by atoms with Crippen LogP contribution in [0.3, 0.4) is 0 Å². The molecule has 0 amide bonds. The monoisotopic (exact) mass is 439 g/mol. The maximum atomic E-state index is 10.5. The fourth-order valence-electron chi connectivity index (χ4n) is 4.11. The van der Waals surface area contributed by atoms with Gasteiger partial charge in [-0.15, -0.1) is 16.9 Å². The average Bonchev–Trinajstić information content (AvgIpc) is 3.17. The van der Waals surface area contributed by atoms with E-state index in [2.05, 4.69) is 28.7 Å². The number of phenolic OH excluding ortho intramolecular Hbond substituents is 2. The van der Waals surface area contributed by atoms with Crippen LogP contribution in [-0.2, 0) is 13.0 Å². The lowest BCUT2D eigenvalue weighted by Crippen LogP contribution is -2.21. The van der Waals surface area contributed by atoms with Gasteiger partial charge in [-0.3, -0.25) is 0 Å². The third-order valence-corrected chi connectivity index (χ3v) is 6.69. The number of fused-ring (bicyclic) bond motifs is 1. The number of hydrogen-bond donors (Lipinski definition) is 2. The molecule has 4 rings (SSSR count). The van der Waals surface area contributed by atoms with E-state index in [1.807, 2.05) is 36.7 Å². The van der Waals surface area contributed by atoms with Crippen molar-refractivity contribution in [3.8, 4) is 28.5 Å². The zero-order valence-electron chi connectivity index (χ0n) is 18.2. The van der Waals surface area contributed by atoms with Crippen LogP contribution in [0.4, 0.5) is 0 Å². The van der Waals surface area contributed by atoms with Gasteiger partial charge in [0.05, 0.1) is 12.3 Å². The Labute approximate surface area is 187 Å². The van der Waals surface area contributed by atoms with Crippen LogP contribution in [0.5, 0.6) is 17.2 Å². The predicted octanol–water partition coefficient (Wildman–Crippen LogP) is 5.23. The minimum Gasteiger partial charge on any atom is -0.508 e. The number of nitrogens with zero attached hydrogens (tertiary/aromatic N) is 3. The van der Waals surface area contributed by atoms with Crippen molar-refractivity contribution in [2.24, 2.45) is 5.92 Å². The second-order valence-corrected chi connectivity index (χ2v) is 9.24. The van der Waals surface area contributed by atoms with Gasteiger partial charge in [0, 0.05) is 23.1 Å². The highest BCUT2D eigenvalue weighted by Gasteiger charge is 2.26. The summed E-state index contributed by atoms with van der Waals surface area (Å²) in [6.45, 7) is 5.51. The Morgan fingerprint density at radius 3 is 2.65 bits per heavy atom. The summed E-state index contributed by atoms with van der Waals surface area (Å²) in [6.07, 6.45) is 4.89. The molecule has 164 valence electrons.